The molecule has 0 bridgehead atoms. The Bertz CT molecular complexity index is 962. The summed E-state index contributed by atoms with van der Waals surface area (Å²) in [5.74, 6) is 0.0311. The molecule has 1 unspecified atom stereocenters. The topological polar surface area (TPSA) is 157 Å². The number of halogens is 1. The molecule has 0 saturated heterocycles. The smallest absolute Gasteiger partial charge is 0.261 e. The zero-order valence-electron chi connectivity index (χ0n) is 14.8. The van der Waals surface area contributed by atoms with Crippen LogP contribution in [0.3, 0.4) is 0 Å². The third kappa shape index (κ3) is 6.05. The van der Waals surface area contributed by atoms with Crippen LogP contribution in [0.2, 0.25) is 5.02 Å². The molecule has 2 aromatic rings. The second-order valence-electron chi connectivity index (χ2n) is 6.11. The summed E-state index contributed by atoms with van der Waals surface area (Å²) in [5.41, 5.74) is 12.8. The molecule has 0 radical (unpaired) electrons. The minimum atomic E-state index is -3.67. The van der Waals surface area contributed by atoms with E-state index in [0.717, 1.165) is 46.1 Å². The molecule has 0 saturated carbocycles. The summed E-state index contributed by atoms with van der Waals surface area (Å²) >= 11 is 6.33. The second-order valence-corrected chi connectivity index (χ2v) is 7.98. The average Bonchev–Trinajstić information content (AvgIpc) is 2.93. The van der Waals surface area contributed by atoms with Crippen molar-refractivity contribution in [1.29, 1.82) is 5.41 Å². The van der Waals surface area contributed by atoms with Gasteiger partial charge in [0.2, 0.25) is 5.96 Å². The van der Waals surface area contributed by atoms with Crippen molar-refractivity contribution >= 4 is 33.4 Å². The molecular formula is C16H21ClN6O3S. The van der Waals surface area contributed by atoms with E-state index in [0.29, 0.717) is 6.26 Å². The van der Waals surface area contributed by atoms with Crippen LogP contribution in [0.15, 0.2) is 29.4 Å². The molecule has 1 aliphatic carbocycles. The van der Waals surface area contributed by atoms with E-state index in [1.165, 1.54) is 0 Å². The third-order valence-corrected chi connectivity index (χ3v) is 4.20. The predicted octanol–water partition coefficient (Wildman–Crippen LogP) is 1.79. The van der Waals surface area contributed by atoms with Crippen molar-refractivity contribution in [3.05, 3.63) is 51.8 Å². The number of nitrogens with zero attached hydrogens (tertiary/aromatic N) is 2. The van der Waals surface area contributed by atoms with Crippen LogP contribution in [-0.4, -0.2) is 41.1 Å². The van der Waals surface area contributed by atoms with Crippen LogP contribution < -0.4 is 11.2 Å². The van der Waals surface area contributed by atoms with E-state index in [-0.39, 0.29) is 11.9 Å². The molecule has 0 spiro atoms. The number of aromatic amines is 1. The summed E-state index contributed by atoms with van der Waals surface area (Å²) in [6, 6.07) is 7.85. The SMILES string of the molecule is CS(=O)(=O)O.Cc1n[nH]c2c1C(=NNC(=N)N)CC(c1ccccc1Cl)C2. The van der Waals surface area contributed by atoms with Crippen molar-refractivity contribution in [3.63, 3.8) is 0 Å². The van der Waals surface area contributed by atoms with Crippen LogP contribution >= 0.6 is 11.6 Å². The lowest BCUT2D eigenvalue weighted by Gasteiger charge is -2.24. The van der Waals surface area contributed by atoms with Gasteiger partial charge in [0.15, 0.2) is 0 Å². The Kier molecular flexibility index (Phi) is 6.58. The molecule has 1 aromatic heterocycles. The predicted molar refractivity (Wildman–Crippen MR) is 105 cm³/mol. The van der Waals surface area contributed by atoms with Crippen LogP contribution in [0, 0.1) is 12.3 Å². The van der Waals surface area contributed by atoms with Gasteiger partial charge in [-0.3, -0.25) is 15.1 Å². The first-order valence-corrected chi connectivity index (χ1v) is 10.2. The van der Waals surface area contributed by atoms with Crippen molar-refractivity contribution in [3.8, 4) is 0 Å². The highest BCUT2D eigenvalue weighted by atomic mass is 35.5. The number of nitrogens with two attached hydrogens (primary N) is 1. The second kappa shape index (κ2) is 8.51. The number of nitrogens with one attached hydrogen (secondary N) is 3. The van der Waals surface area contributed by atoms with Crippen molar-refractivity contribution in [2.45, 2.75) is 25.7 Å². The highest BCUT2D eigenvalue weighted by Gasteiger charge is 2.29. The zero-order chi connectivity index (χ0) is 20.2. The van der Waals surface area contributed by atoms with Crippen molar-refractivity contribution < 1.29 is 13.0 Å². The van der Waals surface area contributed by atoms with Gasteiger partial charge in [0.25, 0.3) is 10.1 Å². The molecule has 27 heavy (non-hydrogen) atoms. The average molecular weight is 413 g/mol. The summed E-state index contributed by atoms with van der Waals surface area (Å²) in [5, 5.41) is 19.7. The Labute approximate surface area is 162 Å². The molecule has 1 aliphatic rings. The number of aromatic nitrogens is 2. The van der Waals surface area contributed by atoms with Crippen LogP contribution in [0.4, 0.5) is 0 Å². The monoisotopic (exact) mass is 412 g/mol. The first-order chi connectivity index (χ1) is 12.6. The van der Waals surface area contributed by atoms with Crippen molar-refractivity contribution in [2.24, 2.45) is 10.8 Å². The first-order valence-electron chi connectivity index (χ1n) is 7.94. The molecule has 3 rings (SSSR count). The Morgan fingerprint density at radius 1 is 1.44 bits per heavy atom. The Hall–Kier alpha value is -2.43. The summed E-state index contributed by atoms with van der Waals surface area (Å²) in [7, 11) is -3.67. The number of hydrogen-bond acceptors (Lipinski definition) is 5. The van der Waals surface area contributed by atoms with Gasteiger partial charge in [-0.2, -0.15) is 18.6 Å². The van der Waals surface area contributed by atoms with Crippen LogP contribution in [-0.2, 0) is 16.5 Å². The van der Waals surface area contributed by atoms with Crippen molar-refractivity contribution in [1.82, 2.24) is 15.6 Å². The van der Waals surface area contributed by atoms with Gasteiger partial charge in [0.05, 0.1) is 17.7 Å². The molecule has 6 N–H and O–H groups in total. The Morgan fingerprint density at radius 2 is 2.07 bits per heavy atom. The zero-order valence-corrected chi connectivity index (χ0v) is 16.4. The molecule has 146 valence electrons. The van der Waals surface area contributed by atoms with Gasteiger partial charge in [-0.25, -0.2) is 5.43 Å². The Balaban J connectivity index is 0.000000465. The summed E-state index contributed by atoms with van der Waals surface area (Å²) in [6.45, 7) is 1.94. The van der Waals surface area contributed by atoms with E-state index in [2.05, 4.69) is 20.7 Å². The van der Waals surface area contributed by atoms with Crippen LogP contribution in [0.5, 0.6) is 0 Å². The van der Waals surface area contributed by atoms with Gasteiger partial charge in [-0.05, 0) is 37.3 Å². The molecule has 0 fully saturated rings. The van der Waals surface area contributed by atoms with Gasteiger partial charge in [-0.15, -0.1) is 0 Å². The number of benzene rings is 1. The lowest BCUT2D eigenvalue weighted by molar-refractivity contribution is 0.490. The summed E-state index contributed by atoms with van der Waals surface area (Å²) < 4.78 is 25.9. The van der Waals surface area contributed by atoms with Gasteiger partial charge in [0.1, 0.15) is 0 Å². The molecule has 0 amide bonds. The van der Waals surface area contributed by atoms with E-state index in [1.54, 1.807) is 0 Å². The van der Waals surface area contributed by atoms with Crippen LogP contribution in [0.25, 0.3) is 0 Å². The third-order valence-electron chi connectivity index (χ3n) is 3.86. The lowest BCUT2D eigenvalue weighted by Crippen LogP contribution is -2.29. The number of hydrazone groups is 1. The number of hydrogen-bond donors (Lipinski definition) is 5. The lowest BCUT2D eigenvalue weighted by atomic mass is 9.81. The van der Waals surface area contributed by atoms with E-state index in [1.807, 2.05) is 31.2 Å². The first kappa shape index (κ1) is 20.9. The van der Waals surface area contributed by atoms with E-state index < -0.39 is 10.1 Å². The standard InChI is InChI=1S/C15H17ClN6.CH4O3S/c1-8-14-12(20-19-8)6-9(7-13(14)21-22-15(17)18)10-4-2-3-5-11(10)16;1-5(2,3)4/h2-5,9H,6-7H2,1H3,(H,19,20)(H4,17,18,22);1H3,(H,2,3,4). The quantitative estimate of drug-likeness (QED) is 0.219. The maximum atomic E-state index is 9.19. The molecule has 0 aliphatic heterocycles. The maximum Gasteiger partial charge on any atom is 0.261 e. The molecule has 1 atom stereocenters. The molecule has 1 heterocycles. The highest BCUT2D eigenvalue weighted by molar-refractivity contribution is 7.85. The summed E-state index contributed by atoms with van der Waals surface area (Å²) in [4.78, 5) is 0. The van der Waals surface area contributed by atoms with Crippen LogP contribution in [0.1, 0.15) is 34.9 Å². The number of rotatable bonds is 2. The van der Waals surface area contributed by atoms with Gasteiger partial charge >= 0.3 is 0 Å². The number of guanidine groups is 1. The molecular weight excluding hydrogens is 392 g/mol. The number of H-pyrrole nitrogens is 1. The molecule has 1 aromatic carbocycles. The molecule has 9 nitrogen and oxygen atoms in total. The van der Waals surface area contributed by atoms with Crippen molar-refractivity contribution in [2.75, 3.05) is 6.26 Å². The molecule has 11 heteroatoms. The van der Waals surface area contributed by atoms with Gasteiger partial charge in [-0.1, -0.05) is 29.8 Å². The fourth-order valence-corrected chi connectivity index (χ4v) is 3.21. The van der Waals surface area contributed by atoms with E-state index in [4.69, 9.17) is 27.3 Å². The normalized spacial score (nSPS) is 17.6. The number of fused-ring (bicyclic) bond motifs is 1. The fourth-order valence-electron chi connectivity index (χ4n) is 2.92. The van der Waals surface area contributed by atoms with E-state index >= 15 is 0 Å². The fraction of sp³-hybridized carbons (Fsp3) is 0.312. The highest BCUT2D eigenvalue weighted by Crippen LogP contribution is 2.36. The van der Waals surface area contributed by atoms with Gasteiger partial charge < -0.3 is 5.73 Å². The largest absolute Gasteiger partial charge is 0.369 e. The Morgan fingerprint density at radius 3 is 2.67 bits per heavy atom. The number of aryl methyl sites for hydroxylation is 1. The minimum absolute atomic E-state index is 0.185. The maximum absolute atomic E-state index is 9.19. The van der Waals surface area contributed by atoms with Gasteiger partial charge in [0, 0.05) is 16.3 Å². The van der Waals surface area contributed by atoms with E-state index in [9.17, 15) is 8.42 Å². The summed E-state index contributed by atoms with van der Waals surface area (Å²) in [6.07, 6.45) is 2.27. The minimum Gasteiger partial charge on any atom is -0.369 e.